The van der Waals surface area contributed by atoms with E-state index in [0.717, 1.165) is 30.6 Å². The average molecular weight is 457 g/mol. The van der Waals surface area contributed by atoms with Crippen LogP contribution < -0.4 is 4.74 Å². The number of hydrogen-bond acceptors (Lipinski definition) is 2. The lowest BCUT2D eigenvalue weighted by Crippen LogP contribution is -2.40. The first-order valence-electron chi connectivity index (χ1n) is 14.0. The van der Waals surface area contributed by atoms with E-state index in [9.17, 15) is 9.18 Å². The van der Waals surface area contributed by atoms with Crippen molar-refractivity contribution in [1.29, 1.82) is 0 Å². The molecule has 0 N–H and O–H groups in total. The van der Waals surface area contributed by atoms with E-state index in [1.54, 1.807) is 19.1 Å². The number of esters is 1. The van der Waals surface area contributed by atoms with Crippen molar-refractivity contribution < 1.29 is 13.9 Å². The number of carbonyl (C=O) groups excluding carboxylic acids is 1. The Morgan fingerprint density at radius 1 is 0.939 bits per heavy atom. The summed E-state index contributed by atoms with van der Waals surface area (Å²) in [6.45, 7) is 4.02. The van der Waals surface area contributed by atoms with E-state index in [1.165, 1.54) is 89.5 Å². The molecule has 2 nitrogen and oxygen atoms in total. The van der Waals surface area contributed by atoms with Crippen LogP contribution >= 0.6 is 0 Å². The first-order valence-corrected chi connectivity index (χ1v) is 14.0. The maximum absolute atomic E-state index is 13.9. The van der Waals surface area contributed by atoms with E-state index in [-0.39, 0.29) is 17.7 Å². The lowest BCUT2D eigenvalue weighted by Gasteiger charge is -2.46. The smallest absolute Gasteiger partial charge is 0.314 e. The molecule has 4 unspecified atom stereocenters. The molecule has 33 heavy (non-hydrogen) atoms. The minimum absolute atomic E-state index is 0.00655. The van der Waals surface area contributed by atoms with Gasteiger partial charge in [0.25, 0.3) is 0 Å². The van der Waals surface area contributed by atoms with Gasteiger partial charge in [-0.05, 0) is 86.7 Å². The zero-order valence-electron chi connectivity index (χ0n) is 21.0. The molecular formula is C30H45FO2. The zero-order valence-corrected chi connectivity index (χ0v) is 21.0. The Balaban J connectivity index is 1.26. The van der Waals surface area contributed by atoms with Crippen molar-refractivity contribution in [2.75, 3.05) is 0 Å². The van der Waals surface area contributed by atoms with E-state index < -0.39 is 0 Å². The molecule has 3 heteroatoms. The number of benzene rings is 1. The van der Waals surface area contributed by atoms with E-state index in [2.05, 4.69) is 6.92 Å². The van der Waals surface area contributed by atoms with Crippen LogP contribution in [0.15, 0.2) is 18.2 Å². The van der Waals surface area contributed by atoms with Crippen LogP contribution in [0.3, 0.4) is 0 Å². The Bertz CT molecular complexity index is 767. The van der Waals surface area contributed by atoms with Gasteiger partial charge in [-0.3, -0.25) is 4.79 Å². The van der Waals surface area contributed by atoms with Gasteiger partial charge >= 0.3 is 5.97 Å². The second-order valence-corrected chi connectivity index (χ2v) is 11.5. The summed E-state index contributed by atoms with van der Waals surface area (Å²) < 4.78 is 19.5. The van der Waals surface area contributed by atoms with Gasteiger partial charge in [0.1, 0.15) is 11.6 Å². The number of halogens is 1. The van der Waals surface area contributed by atoms with Crippen LogP contribution in [0.2, 0.25) is 0 Å². The number of ether oxygens (including phenoxy) is 1. The summed E-state index contributed by atoms with van der Waals surface area (Å²) in [5.41, 5.74) is 0.580. The molecule has 4 rings (SSSR count). The van der Waals surface area contributed by atoms with Crippen LogP contribution in [0.25, 0.3) is 0 Å². The highest BCUT2D eigenvalue weighted by Gasteiger charge is 2.43. The predicted molar refractivity (Wildman–Crippen MR) is 133 cm³/mol. The summed E-state index contributed by atoms with van der Waals surface area (Å²) in [6.07, 6.45) is 19.9. The van der Waals surface area contributed by atoms with Crippen LogP contribution in [-0.4, -0.2) is 5.97 Å². The third-order valence-corrected chi connectivity index (χ3v) is 9.38. The number of aryl methyl sites for hydroxylation is 1. The van der Waals surface area contributed by atoms with E-state index in [4.69, 9.17) is 4.74 Å². The molecule has 3 fully saturated rings. The fourth-order valence-electron chi connectivity index (χ4n) is 7.36. The molecule has 0 spiro atoms. The van der Waals surface area contributed by atoms with Gasteiger partial charge in [-0.25, -0.2) is 4.39 Å². The fraction of sp³-hybridized carbons (Fsp3) is 0.767. The molecule has 4 atom stereocenters. The van der Waals surface area contributed by atoms with E-state index in [0.29, 0.717) is 23.1 Å². The second kappa shape index (κ2) is 11.8. The third-order valence-electron chi connectivity index (χ3n) is 9.38. The first kappa shape index (κ1) is 24.7. The Morgan fingerprint density at radius 3 is 2.48 bits per heavy atom. The molecule has 1 aromatic carbocycles. The Kier molecular flexibility index (Phi) is 8.88. The summed E-state index contributed by atoms with van der Waals surface area (Å²) in [5, 5.41) is 0. The van der Waals surface area contributed by atoms with Gasteiger partial charge in [-0.15, -0.1) is 0 Å². The van der Waals surface area contributed by atoms with Crippen molar-refractivity contribution in [1.82, 2.24) is 0 Å². The Hall–Kier alpha value is -1.38. The predicted octanol–water partition coefficient (Wildman–Crippen LogP) is 8.65. The van der Waals surface area contributed by atoms with Gasteiger partial charge in [-0.1, -0.05) is 70.8 Å². The van der Waals surface area contributed by atoms with Crippen molar-refractivity contribution >= 4 is 5.97 Å². The maximum atomic E-state index is 13.9. The summed E-state index contributed by atoms with van der Waals surface area (Å²) >= 11 is 0. The number of fused-ring (bicyclic) bond motifs is 1. The van der Waals surface area contributed by atoms with E-state index in [1.807, 2.05) is 0 Å². The summed E-state index contributed by atoms with van der Waals surface area (Å²) in [5.74, 6) is 3.82. The Morgan fingerprint density at radius 2 is 1.73 bits per heavy atom. The molecule has 3 aliphatic rings. The van der Waals surface area contributed by atoms with Gasteiger partial charge in [0.05, 0.1) is 5.92 Å². The molecule has 0 bridgehead atoms. The number of carbonyl (C=O) groups is 1. The van der Waals surface area contributed by atoms with Gasteiger partial charge in [0.2, 0.25) is 0 Å². The van der Waals surface area contributed by atoms with Crippen molar-refractivity contribution in [2.45, 2.75) is 110 Å². The number of unbranched alkanes of at least 4 members (excludes halogenated alkanes) is 3. The molecule has 184 valence electrons. The Labute approximate surface area is 201 Å². The fourth-order valence-corrected chi connectivity index (χ4v) is 7.36. The first-order chi connectivity index (χ1) is 16.0. The van der Waals surface area contributed by atoms with Crippen molar-refractivity contribution in [3.05, 3.63) is 29.6 Å². The highest BCUT2D eigenvalue weighted by molar-refractivity contribution is 5.75. The third kappa shape index (κ3) is 6.40. The SMILES string of the molecule is CCCCCCC1CCC(C2CCC3C(CCCC3C(=O)Oc3ccc(C)c(F)c3)C2)CC1. The number of hydrogen-bond donors (Lipinski definition) is 0. The van der Waals surface area contributed by atoms with Crippen LogP contribution in [0.1, 0.15) is 109 Å². The highest BCUT2D eigenvalue weighted by atomic mass is 19.1. The molecule has 0 saturated heterocycles. The minimum atomic E-state index is -0.307. The van der Waals surface area contributed by atoms with E-state index >= 15 is 0 Å². The summed E-state index contributed by atoms with van der Waals surface area (Å²) in [7, 11) is 0. The van der Waals surface area contributed by atoms with Gasteiger partial charge in [-0.2, -0.15) is 0 Å². The number of rotatable bonds is 8. The topological polar surface area (TPSA) is 26.3 Å². The van der Waals surface area contributed by atoms with Crippen molar-refractivity contribution in [2.24, 2.45) is 35.5 Å². The largest absolute Gasteiger partial charge is 0.426 e. The molecule has 0 radical (unpaired) electrons. The average Bonchev–Trinajstić information content (AvgIpc) is 2.84. The zero-order chi connectivity index (χ0) is 23.2. The molecular weight excluding hydrogens is 411 g/mol. The van der Waals surface area contributed by atoms with Gasteiger partial charge in [0.15, 0.2) is 0 Å². The standard InChI is InChI=1S/C30H45FO2/c1-3-4-5-6-8-22-12-14-23(15-13-22)24-16-18-27-25(19-24)9-7-10-28(27)30(32)33-26-17-11-21(2)29(31)20-26/h11,17,20,22-25,27-28H,3-10,12-16,18-19H2,1-2H3. The van der Waals surface area contributed by atoms with Crippen LogP contribution in [0.5, 0.6) is 5.75 Å². The van der Waals surface area contributed by atoms with Crippen LogP contribution in [0, 0.1) is 48.2 Å². The normalized spacial score (nSPS) is 32.2. The molecule has 0 heterocycles. The van der Waals surface area contributed by atoms with Crippen LogP contribution in [0.4, 0.5) is 4.39 Å². The van der Waals surface area contributed by atoms with Crippen molar-refractivity contribution in [3.8, 4) is 5.75 Å². The quantitative estimate of drug-likeness (QED) is 0.222. The van der Waals surface area contributed by atoms with Crippen LogP contribution in [-0.2, 0) is 4.79 Å². The lowest BCUT2D eigenvalue weighted by atomic mass is 9.59. The highest BCUT2D eigenvalue weighted by Crippen LogP contribution is 2.50. The minimum Gasteiger partial charge on any atom is -0.426 e. The summed E-state index contributed by atoms with van der Waals surface area (Å²) in [4.78, 5) is 13.0. The summed E-state index contributed by atoms with van der Waals surface area (Å²) in [6, 6.07) is 4.75. The molecule has 0 aromatic heterocycles. The lowest BCUT2D eigenvalue weighted by molar-refractivity contribution is -0.144. The molecule has 3 saturated carbocycles. The van der Waals surface area contributed by atoms with Gasteiger partial charge < -0.3 is 4.74 Å². The molecule has 0 aliphatic heterocycles. The second-order valence-electron chi connectivity index (χ2n) is 11.5. The monoisotopic (exact) mass is 456 g/mol. The molecule has 3 aliphatic carbocycles. The molecule has 0 amide bonds. The molecule has 1 aromatic rings. The maximum Gasteiger partial charge on any atom is 0.314 e. The van der Waals surface area contributed by atoms with Gasteiger partial charge in [0, 0.05) is 6.07 Å². The van der Waals surface area contributed by atoms with Crippen molar-refractivity contribution in [3.63, 3.8) is 0 Å².